The second-order valence-electron chi connectivity index (χ2n) is 6.33. The SMILES string of the molecule is Cc1cc(C)c(C2C(=O)CC(C(=O)c3cnccn3)C2=O)c(C)c1. The van der Waals surface area contributed by atoms with Crippen molar-refractivity contribution in [2.24, 2.45) is 5.92 Å². The van der Waals surface area contributed by atoms with Crippen LogP contribution >= 0.6 is 0 Å². The Bertz CT molecular complexity index is 820. The molecule has 0 aliphatic heterocycles. The molecule has 2 aromatic rings. The third-order valence-corrected chi connectivity index (χ3v) is 4.51. The van der Waals surface area contributed by atoms with Gasteiger partial charge in [-0.3, -0.25) is 19.4 Å². The summed E-state index contributed by atoms with van der Waals surface area (Å²) >= 11 is 0. The Labute approximate surface area is 140 Å². The van der Waals surface area contributed by atoms with Crippen LogP contribution in [0.2, 0.25) is 0 Å². The minimum atomic E-state index is -0.959. The van der Waals surface area contributed by atoms with Crippen LogP contribution in [0, 0.1) is 26.7 Å². The van der Waals surface area contributed by atoms with Gasteiger partial charge in [0, 0.05) is 18.8 Å². The fraction of sp³-hybridized carbons (Fsp3) is 0.316. The van der Waals surface area contributed by atoms with Crippen LogP contribution in [0.5, 0.6) is 0 Å². The van der Waals surface area contributed by atoms with Gasteiger partial charge in [0.15, 0.2) is 11.6 Å². The summed E-state index contributed by atoms with van der Waals surface area (Å²) in [5, 5.41) is 0. The summed E-state index contributed by atoms with van der Waals surface area (Å²) < 4.78 is 0. The molecular formula is C19H18N2O3. The zero-order valence-corrected chi connectivity index (χ0v) is 13.9. The maximum absolute atomic E-state index is 12.8. The fourth-order valence-corrected chi connectivity index (χ4v) is 3.56. The molecule has 1 aliphatic carbocycles. The first-order valence-corrected chi connectivity index (χ1v) is 7.84. The van der Waals surface area contributed by atoms with Gasteiger partial charge in [0.25, 0.3) is 0 Å². The molecule has 1 aromatic heterocycles. The minimum Gasteiger partial charge on any atom is -0.298 e. The van der Waals surface area contributed by atoms with Crippen LogP contribution in [0.3, 0.4) is 0 Å². The molecule has 0 spiro atoms. The quantitative estimate of drug-likeness (QED) is 0.641. The first kappa shape index (κ1) is 16.2. The summed E-state index contributed by atoms with van der Waals surface area (Å²) in [6.07, 6.45) is 4.13. The van der Waals surface area contributed by atoms with Crippen LogP contribution in [-0.4, -0.2) is 27.3 Å². The highest BCUT2D eigenvalue weighted by atomic mass is 16.2. The summed E-state index contributed by atoms with van der Waals surface area (Å²) in [6, 6.07) is 3.92. The van der Waals surface area contributed by atoms with Crippen molar-refractivity contribution in [3.8, 4) is 0 Å². The van der Waals surface area contributed by atoms with E-state index in [0.29, 0.717) is 0 Å². The molecule has 5 heteroatoms. The Morgan fingerprint density at radius 2 is 1.75 bits per heavy atom. The van der Waals surface area contributed by atoms with E-state index in [1.165, 1.54) is 18.6 Å². The van der Waals surface area contributed by atoms with Gasteiger partial charge in [-0.25, -0.2) is 4.98 Å². The Kier molecular flexibility index (Phi) is 4.09. The molecule has 24 heavy (non-hydrogen) atoms. The fourth-order valence-electron chi connectivity index (χ4n) is 3.56. The number of nitrogens with zero attached hydrogens (tertiary/aromatic N) is 2. The van der Waals surface area contributed by atoms with E-state index >= 15 is 0 Å². The lowest BCUT2D eigenvalue weighted by atomic mass is 9.86. The molecule has 0 bridgehead atoms. The number of hydrogen-bond acceptors (Lipinski definition) is 5. The van der Waals surface area contributed by atoms with Gasteiger partial charge in [-0.05, 0) is 37.5 Å². The van der Waals surface area contributed by atoms with Crippen molar-refractivity contribution in [3.63, 3.8) is 0 Å². The highest BCUT2D eigenvalue weighted by Gasteiger charge is 2.46. The number of Topliss-reactive ketones (excluding diaryl/α,β-unsaturated/α-hetero) is 3. The van der Waals surface area contributed by atoms with E-state index in [1.54, 1.807) is 0 Å². The lowest BCUT2D eigenvalue weighted by Crippen LogP contribution is -2.23. The molecule has 1 aliphatic rings. The van der Waals surface area contributed by atoms with Gasteiger partial charge in [-0.1, -0.05) is 17.7 Å². The number of rotatable bonds is 3. The summed E-state index contributed by atoms with van der Waals surface area (Å²) in [5.41, 5.74) is 3.77. The first-order valence-electron chi connectivity index (χ1n) is 7.84. The van der Waals surface area contributed by atoms with E-state index < -0.39 is 17.6 Å². The second kappa shape index (κ2) is 6.07. The predicted octanol–water partition coefficient (Wildman–Crippen LogP) is 2.53. The Balaban J connectivity index is 1.98. The average molecular weight is 322 g/mol. The van der Waals surface area contributed by atoms with Gasteiger partial charge in [0.1, 0.15) is 17.4 Å². The van der Waals surface area contributed by atoms with Gasteiger partial charge in [0.05, 0.1) is 12.1 Å². The maximum atomic E-state index is 12.8. The number of hydrogen-bond donors (Lipinski definition) is 0. The molecule has 2 atom stereocenters. The topological polar surface area (TPSA) is 77.0 Å². The number of carbonyl (C=O) groups excluding carboxylic acids is 3. The van der Waals surface area contributed by atoms with E-state index in [2.05, 4.69) is 9.97 Å². The van der Waals surface area contributed by atoms with Gasteiger partial charge in [-0.2, -0.15) is 0 Å². The maximum Gasteiger partial charge on any atom is 0.193 e. The summed E-state index contributed by atoms with van der Waals surface area (Å²) in [4.78, 5) is 45.7. The first-order chi connectivity index (χ1) is 11.4. The molecule has 1 heterocycles. The molecule has 1 fully saturated rings. The Morgan fingerprint density at radius 3 is 2.33 bits per heavy atom. The molecule has 0 radical (unpaired) electrons. The van der Waals surface area contributed by atoms with Crippen molar-refractivity contribution >= 4 is 17.3 Å². The van der Waals surface area contributed by atoms with E-state index in [-0.39, 0.29) is 23.7 Å². The molecule has 2 unspecified atom stereocenters. The zero-order chi connectivity index (χ0) is 17.4. The monoisotopic (exact) mass is 322 g/mol. The van der Waals surface area contributed by atoms with Gasteiger partial charge < -0.3 is 0 Å². The van der Waals surface area contributed by atoms with Crippen molar-refractivity contribution in [2.45, 2.75) is 33.1 Å². The lowest BCUT2D eigenvalue weighted by Gasteiger charge is -2.16. The van der Waals surface area contributed by atoms with Crippen molar-refractivity contribution in [2.75, 3.05) is 0 Å². The molecule has 1 saturated carbocycles. The highest BCUT2D eigenvalue weighted by molar-refractivity contribution is 6.24. The van der Waals surface area contributed by atoms with Crippen LogP contribution < -0.4 is 0 Å². The predicted molar refractivity (Wildman–Crippen MR) is 87.9 cm³/mol. The van der Waals surface area contributed by atoms with Crippen LogP contribution in [0.25, 0.3) is 0 Å². The largest absolute Gasteiger partial charge is 0.298 e. The van der Waals surface area contributed by atoms with Crippen LogP contribution in [0.15, 0.2) is 30.7 Å². The van der Waals surface area contributed by atoms with Crippen LogP contribution in [0.4, 0.5) is 0 Å². The standard InChI is InChI=1S/C19H18N2O3/c1-10-6-11(2)16(12(3)7-10)17-15(22)8-13(19(17)24)18(23)14-9-20-4-5-21-14/h4-7,9,13,17H,8H2,1-3H3. The second-order valence-corrected chi connectivity index (χ2v) is 6.33. The molecular weight excluding hydrogens is 304 g/mol. The van der Waals surface area contributed by atoms with Gasteiger partial charge >= 0.3 is 0 Å². The Morgan fingerprint density at radius 1 is 1.08 bits per heavy atom. The number of aromatic nitrogens is 2. The number of benzene rings is 1. The summed E-state index contributed by atoms with van der Waals surface area (Å²) in [6.45, 7) is 5.77. The smallest absolute Gasteiger partial charge is 0.193 e. The van der Waals surface area contributed by atoms with Crippen LogP contribution in [0.1, 0.15) is 45.1 Å². The molecule has 0 amide bonds. The minimum absolute atomic E-state index is 0.0638. The molecule has 5 nitrogen and oxygen atoms in total. The van der Waals surface area contributed by atoms with Gasteiger partial charge in [-0.15, -0.1) is 0 Å². The number of ketones is 3. The molecule has 1 aromatic carbocycles. The zero-order valence-electron chi connectivity index (χ0n) is 13.9. The normalized spacial score (nSPS) is 20.5. The number of aryl methyl sites for hydroxylation is 3. The Hall–Kier alpha value is -2.69. The average Bonchev–Trinajstić information content (AvgIpc) is 2.82. The molecule has 122 valence electrons. The highest BCUT2D eigenvalue weighted by Crippen LogP contribution is 2.37. The lowest BCUT2D eigenvalue weighted by molar-refractivity contribution is -0.124. The van der Waals surface area contributed by atoms with Crippen molar-refractivity contribution in [1.82, 2.24) is 9.97 Å². The summed E-state index contributed by atoms with van der Waals surface area (Å²) in [7, 11) is 0. The summed E-state index contributed by atoms with van der Waals surface area (Å²) in [5.74, 6) is -2.76. The van der Waals surface area contributed by atoms with Gasteiger partial charge in [0.2, 0.25) is 0 Å². The van der Waals surface area contributed by atoms with E-state index in [9.17, 15) is 14.4 Å². The molecule has 0 N–H and O–H groups in total. The molecule has 0 saturated heterocycles. The van der Waals surface area contributed by atoms with E-state index in [0.717, 1.165) is 22.3 Å². The third kappa shape index (κ3) is 2.66. The van der Waals surface area contributed by atoms with Crippen molar-refractivity contribution < 1.29 is 14.4 Å². The van der Waals surface area contributed by atoms with E-state index in [4.69, 9.17) is 0 Å². The third-order valence-electron chi connectivity index (χ3n) is 4.51. The van der Waals surface area contributed by atoms with Crippen LogP contribution in [-0.2, 0) is 9.59 Å². The number of carbonyl (C=O) groups is 3. The van der Waals surface area contributed by atoms with E-state index in [1.807, 2.05) is 32.9 Å². The van der Waals surface area contributed by atoms with Crippen molar-refractivity contribution in [3.05, 3.63) is 58.7 Å². The molecule has 3 rings (SSSR count). The van der Waals surface area contributed by atoms with Crippen molar-refractivity contribution in [1.29, 1.82) is 0 Å².